The Morgan fingerprint density at radius 2 is 1.67 bits per heavy atom. The molecule has 1 saturated heterocycles. The van der Waals surface area contributed by atoms with Crippen LogP contribution in [0.2, 0.25) is 5.21 Å². The maximum Gasteiger partial charge on any atom is 0.337 e. The molecule has 0 bridgehead atoms. The number of hydrogen-bond donors (Lipinski definition) is 1. The first-order chi connectivity index (χ1) is 9.84. The molecule has 1 aromatic rings. The molecule has 100 valence electrons. The van der Waals surface area contributed by atoms with Gasteiger partial charge in [0.2, 0.25) is 0 Å². The van der Waals surface area contributed by atoms with Crippen molar-refractivity contribution in [2.75, 3.05) is 13.1 Å². The molecule has 0 aliphatic carbocycles. The summed E-state index contributed by atoms with van der Waals surface area (Å²) in [5, 5.41) is -0.239. The van der Waals surface area contributed by atoms with Crippen LogP contribution in [-0.4, -0.2) is 55.8 Å². The van der Waals surface area contributed by atoms with Crippen molar-refractivity contribution in [3.05, 3.63) is 35.9 Å². The molecular weight excluding hydrogens is 257 g/mol. The van der Waals surface area contributed by atoms with Gasteiger partial charge in [0.15, 0.2) is 0 Å². The number of piperidine rings is 1. The zero-order valence-electron chi connectivity index (χ0n) is 11.9. The first-order valence-electron chi connectivity index (χ1n) is 6.99. The summed E-state index contributed by atoms with van der Waals surface area (Å²) in [6.07, 6.45) is 1.46. The first kappa shape index (κ1) is 16.3. The molecule has 8 radical (unpaired) electrons. The highest BCUT2D eigenvalue weighted by atomic mass is 16.5. The Balaban J connectivity index is 2.11. The van der Waals surface area contributed by atoms with Crippen LogP contribution >= 0.6 is 0 Å². The smallest absolute Gasteiger partial charge is 0.337 e. The van der Waals surface area contributed by atoms with E-state index in [4.69, 9.17) is 36.1 Å². The zero-order valence-corrected chi connectivity index (χ0v) is 11.9. The van der Waals surface area contributed by atoms with E-state index in [1.807, 2.05) is 0 Å². The highest BCUT2D eigenvalue weighted by Crippen LogP contribution is 2.43. The lowest BCUT2D eigenvalue weighted by Crippen LogP contribution is -2.54. The van der Waals surface area contributed by atoms with Crippen LogP contribution in [0.3, 0.4) is 0 Å². The van der Waals surface area contributed by atoms with Gasteiger partial charge in [-0.1, -0.05) is 23.4 Å². The molecule has 0 unspecified atom stereocenters. The molecule has 1 heterocycles. The molecule has 0 atom stereocenters. The Morgan fingerprint density at radius 3 is 2.24 bits per heavy atom. The molecule has 1 aliphatic heterocycles. The van der Waals surface area contributed by atoms with E-state index in [0.717, 1.165) is 25.9 Å². The predicted octanol–water partition coefficient (Wildman–Crippen LogP) is 0.287. The molecule has 0 aromatic heterocycles. The number of ether oxygens (including phenoxy) is 1. The van der Waals surface area contributed by atoms with Gasteiger partial charge in [-0.05, 0) is 44.0 Å². The van der Waals surface area contributed by atoms with Crippen molar-refractivity contribution in [3.63, 3.8) is 0 Å². The fraction of sp³-hybridized carbons (Fsp3) is 0.500. The largest absolute Gasteiger partial charge is 0.477 e. The van der Waals surface area contributed by atoms with Gasteiger partial charge in [-0.25, -0.2) is 4.79 Å². The zero-order chi connectivity index (χ0) is 15.5. The summed E-state index contributed by atoms with van der Waals surface area (Å²) in [6, 6.07) is 8.45. The standard InChI is InChI=1S/C14H15B4NO2/c15-13(16,11-6-8-19-9-7-11)14(17,18)21-12(20)10-4-2-1-3-5-10/h1-5,11,19H,6-9H2. The van der Waals surface area contributed by atoms with Crippen LogP contribution in [0.5, 0.6) is 0 Å². The van der Waals surface area contributed by atoms with Gasteiger partial charge < -0.3 is 10.1 Å². The Bertz CT molecular complexity index is 487. The quantitative estimate of drug-likeness (QED) is 0.632. The number of hydrogen-bond acceptors (Lipinski definition) is 3. The van der Waals surface area contributed by atoms with E-state index in [2.05, 4.69) is 5.32 Å². The van der Waals surface area contributed by atoms with E-state index in [1.54, 1.807) is 30.3 Å². The van der Waals surface area contributed by atoms with Gasteiger partial charge in [-0.3, -0.25) is 0 Å². The van der Waals surface area contributed by atoms with Crippen molar-refractivity contribution >= 4 is 37.4 Å². The van der Waals surface area contributed by atoms with Crippen LogP contribution in [0.25, 0.3) is 0 Å². The molecule has 3 nitrogen and oxygen atoms in total. The lowest BCUT2D eigenvalue weighted by Gasteiger charge is -2.50. The van der Waals surface area contributed by atoms with E-state index < -0.39 is 16.6 Å². The minimum Gasteiger partial charge on any atom is -0.477 e. The average Bonchev–Trinajstić information content (AvgIpc) is 2.48. The number of esters is 1. The topological polar surface area (TPSA) is 38.3 Å². The Labute approximate surface area is 131 Å². The number of carbonyl (C=O) groups excluding carboxylic acids is 1. The molecule has 0 amide bonds. The number of carbonyl (C=O) groups is 1. The molecular formula is C14H15B4NO2. The lowest BCUT2D eigenvalue weighted by atomic mass is 9.31. The molecule has 7 heteroatoms. The number of rotatable bonds is 4. The van der Waals surface area contributed by atoms with E-state index >= 15 is 0 Å². The molecule has 1 fully saturated rings. The Kier molecular flexibility index (Phi) is 4.92. The van der Waals surface area contributed by atoms with Gasteiger partial charge in [0.25, 0.3) is 0 Å². The average molecular weight is 273 g/mol. The van der Waals surface area contributed by atoms with Crippen molar-refractivity contribution in [2.45, 2.75) is 23.5 Å². The van der Waals surface area contributed by atoms with E-state index in [0.29, 0.717) is 5.56 Å². The molecule has 1 N–H and O–H groups in total. The lowest BCUT2D eigenvalue weighted by molar-refractivity contribution is 0.0274. The molecule has 1 aliphatic rings. The summed E-state index contributed by atoms with van der Waals surface area (Å²) in [5.74, 6) is -0.771. The second kappa shape index (κ2) is 6.35. The van der Waals surface area contributed by atoms with Gasteiger partial charge in [-0.2, -0.15) is 0 Å². The molecule has 1 aromatic carbocycles. The maximum absolute atomic E-state index is 12.1. The third kappa shape index (κ3) is 3.57. The third-order valence-electron chi connectivity index (χ3n) is 3.96. The van der Waals surface area contributed by atoms with Crippen LogP contribution in [0, 0.1) is 5.92 Å². The van der Waals surface area contributed by atoms with Gasteiger partial charge >= 0.3 is 5.97 Å². The summed E-state index contributed by atoms with van der Waals surface area (Å²) in [7, 11) is 24.1. The van der Waals surface area contributed by atoms with Crippen LogP contribution in [0.15, 0.2) is 30.3 Å². The van der Waals surface area contributed by atoms with Gasteiger partial charge in [0.05, 0.1) is 21.3 Å². The van der Waals surface area contributed by atoms with Crippen LogP contribution in [-0.2, 0) is 4.74 Å². The van der Waals surface area contributed by atoms with Crippen LogP contribution in [0.4, 0.5) is 0 Å². The van der Waals surface area contributed by atoms with E-state index in [1.165, 1.54) is 0 Å². The Morgan fingerprint density at radius 1 is 1.10 bits per heavy atom. The molecule has 2 rings (SSSR count). The van der Waals surface area contributed by atoms with E-state index in [-0.39, 0.29) is 5.92 Å². The fourth-order valence-corrected chi connectivity index (χ4v) is 2.49. The fourth-order valence-electron chi connectivity index (χ4n) is 2.49. The van der Waals surface area contributed by atoms with Crippen molar-refractivity contribution in [1.29, 1.82) is 0 Å². The van der Waals surface area contributed by atoms with Crippen molar-refractivity contribution < 1.29 is 9.53 Å². The predicted molar refractivity (Wildman–Crippen MR) is 85.9 cm³/mol. The second-order valence-corrected chi connectivity index (χ2v) is 5.51. The molecule has 21 heavy (non-hydrogen) atoms. The monoisotopic (exact) mass is 273 g/mol. The summed E-state index contributed by atoms with van der Waals surface area (Å²) >= 11 is 0. The second-order valence-electron chi connectivity index (χ2n) is 5.51. The highest BCUT2D eigenvalue weighted by molar-refractivity contribution is 6.54. The van der Waals surface area contributed by atoms with Crippen LogP contribution in [0.1, 0.15) is 23.2 Å². The summed E-state index contributed by atoms with van der Waals surface area (Å²) < 4.78 is 5.19. The van der Waals surface area contributed by atoms with Crippen LogP contribution < -0.4 is 5.32 Å². The highest BCUT2D eigenvalue weighted by Gasteiger charge is 2.43. The first-order valence-corrected chi connectivity index (χ1v) is 6.99. The normalized spacial score (nSPS) is 17.3. The van der Waals surface area contributed by atoms with Gasteiger partial charge in [0, 0.05) is 5.40 Å². The van der Waals surface area contributed by atoms with E-state index in [9.17, 15) is 4.79 Å². The summed E-state index contributed by atoms with van der Waals surface area (Å²) in [6.45, 7) is 1.56. The maximum atomic E-state index is 12.1. The minimum atomic E-state index is -1.94. The molecule has 0 saturated carbocycles. The van der Waals surface area contributed by atoms with Crippen molar-refractivity contribution in [1.82, 2.24) is 5.32 Å². The third-order valence-corrected chi connectivity index (χ3v) is 3.96. The Hall–Kier alpha value is -1.09. The number of benzene rings is 1. The minimum absolute atomic E-state index is 0.127. The van der Waals surface area contributed by atoms with Crippen molar-refractivity contribution in [2.24, 2.45) is 5.92 Å². The summed E-state index contributed by atoms with van der Waals surface area (Å²) in [4.78, 5) is 12.1. The number of nitrogens with one attached hydrogen (secondary N) is 1. The SMILES string of the molecule is [B]C([B])(OC(=O)c1ccccc1)C([B])([B])C1CCNCC1. The van der Waals surface area contributed by atoms with Crippen molar-refractivity contribution in [3.8, 4) is 0 Å². The van der Waals surface area contributed by atoms with Gasteiger partial charge in [-0.15, -0.1) is 0 Å². The molecule has 0 spiro atoms. The van der Waals surface area contributed by atoms with Gasteiger partial charge in [0.1, 0.15) is 15.7 Å². The summed E-state index contributed by atoms with van der Waals surface area (Å²) in [5.41, 5.74) is 0.346.